The van der Waals surface area contributed by atoms with Crippen LogP contribution in [0.3, 0.4) is 0 Å². The molecule has 0 bridgehead atoms. The number of nitrogens with zero attached hydrogens (tertiary/aromatic N) is 1. The third-order valence-corrected chi connectivity index (χ3v) is 4.24. The molecule has 2 aromatic carbocycles. The normalized spacial score (nSPS) is 11.7. The van der Waals surface area contributed by atoms with Crippen LogP contribution in [-0.4, -0.2) is 10.9 Å². The molecule has 0 aliphatic heterocycles. The summed E-state index contributed by atoms with van der Waals surface area (Å²) < 4.78 is 0. The van der Waals surface area contributed by atoms with Crippen LogP contribution in [0.4, 0.5) is 11.4 Å². The Kier molecular flexibility index (Phi) is 5.76. The van der Waals surface area contributed by atoms with Crippen LogP contribution < -0.4 is 10.6 Å². The number of anilines is 2. The fourth-order valence-corrected chi connectivity index (χ4v) is 3.06. The molecule has 0 spiro atoms. The lowest BCUT2D eigenvalue weighted by Gasteiger charge is -2.15. The van der Waals surface area contributed by atoms with Gasteiger partial charge >= 0.3 is 0 Å². The average molecular weight is 386 g/mol. The zero-order valence-electron chi connectivity index (χ0n) is 14.0. The monoisotopic (exact) mass is 385 g/mol. The summed E-state index contributed by atoms with van der Waals surface area (Å²) in [6.45, 7) is 1.94. The number of hydrogen-bond acceptors (Lipinski definition) is 3. The zero-order chi connectivity index (χ0) is 18.5. The summed E-state index contributed by atoms with van der Waals surface area (Å²) in [5.41, 5.74) is 2.89. The van der Waals surface area contributed by atoms with Crippen LogP contribution in [0.15, 0.2) is 67.0 Å². The molecule has 1 heterocycles. The molecule has 0 aliphatic carbocycles. The topological polar surface area (TPSA) is 54.0 Å². The van der Waals surface area contributed by atoms with Crippen LogP contribution in [0, 0.1) is 0 Å². The van der Waals surface area contributed by atoms with E-state index in [4.69, 9.17) is 23.2 Å². The molecular weight excluding hydrogens is 369 g/mol. The highest BCUT2D eigenvalue weighted by Crippen LogP contribution is 2.25. The van der Waals surface area contributed by atoms with Gasteiger partial charge in [0.25, 0.3) is 5.91 Å². The summed E-state index contributed by atoms with van der Waals surface area (Å²) >= 11 is 12.0. The molecule has 3 rings (SSSR count). The van der Waals surface area contributed by atoms with Crippen molar-refractivity contribution in [3.8, 4) is 0 Å². The van der Waals surface area contributed by atoms with Crippen LogP contribution in [0.25, 0.3) is 0 Å². The summed E-state index contributed by atoms with van der Waals surface area (Å²) in [6.07, 6.45) is 3.16. The van der Waals surface area contributed by atoms with Gasteiger partial charge in [-0.3, -0.25) is 9.78 Å². The van der Waals surface area contributed by atoms with Crippen LogP contribution in [0.5, 0.6) is 0 Å². The van der Waals surface area contributed by atoms with Gasteiger partial charge in [-0.2, -0.15) is 0 Å². The highest BCUT2D eigenvalue weighted by Gasteiger charge is 2.12. The Hall–Kier alpha value is -2.56. The fourth-order valence-electron chi connectivity index (χ4n) is 2.53. The van der Waals surface area contributed by atoms with E-state index >= 15 is 0 Å². The van der Waals surface area contributed by atoms with Gasteiger partial charge in [-0.05, 0) is 36.8 Å². The zero-order valence-corrected chi connectivity index (χ0v) is 15.6. The lowest BCUT2D eigenvalue weighted by molar-refractivity contribution is 0.0939. The van der Waals surface area contributed by atoms with Crippen molar-refractivity contribution >= 4 is 40.5 Å². The van der Waals surface area contributed by atoms with Gasteiger partial charge in [0.2, 0.25) is 0 Å². The van der Waals surface area contributed by atoms with Crippen molar-refractivity contribution in [1.82, 2.24) is 10.3 Å². The van der Waals surface area contributed by atoms with Crippen molar-refractivity contribution < 1.29 is 4.79 Å². The molecule has 132 valence electrons. The van der Waals surface area contributed by atoms with Crippen LogP contribution >= 0.6 is 23.2 Å². The number of rotatable bonds is 5. The third-order valence-electron chi connectivity index (χ3n) is 3.80. The summed E-state index contributed by atoms with van der Waals surface area (Å²) in [7, 11) is 0. The van der Waals surface area contributed by atoms with E-state index in [1.165, 1.54) is 6.20 Å². The smallest absolute Gasteiger partial charge is 0.253 e. The van der Waals surface area contributed by atoms with E-state index in [0.717, 1.165) is 11.3 Å². The molecule has 4 nitrogen and oxygen atoms in total. The molecule has 26 heavy (non-hydrogen) atoms. The van der Waals surface area contributed by atoms with Crippen LogP contribution in [0.1, 0.15) is 28.9 Å². The molecule has 2 N–H and O–H groups in total. The Bertz CT molecular complexity index is 896. The first-order chi connectivity index (χ1) is 12.5. The molecule has 0 aliphatic rings. The van der Waals surface area contributed by atoms with Crippen LogP contribution in [0.2, 0.25) is 10.0 Å². The Balaban J connectivity index is 1.73. The number of aromatic nitrogens is 1. The number of pyridine rings is 1. The van der Waals surface area contributed by atoms with E-state index < -0.39 is 0 Å². The Labute approximate surface area is 162 Å². The van der Waals surface area contributed by atoms with Gasteiger partial charge in [-0.15, -0.1) is 0 Å². The quantitative estimate of drug-likeness (QED) is 0.598. The van der Waals surface area contributed by atoms with E-state index in [2.05, 4.69) is 15.6 Å². The van der Waals surface area contributed by atoms with Gasteiger partial charge in [-0.25, -0.2) is 0 Å². The predicted octanol–water partition coefficient (Wildman–Crippen LogP) is 5.62. The molecule has 1 unspecified atom stereocenters. The molecule has 0 saturated heterocycles. The van der Waals surface area contributed by atoms with Crippen LogP contribution in [-0.2, 0) is 0 Å². The molecular formula is C20H17Cl2N3O. The van der Waals surface area contributed by atoms with Crippen molar-refractivity contribution in [1.29, 1.82) is 0 Å². The van der Waals surface area contributed by atoms with Crippen molar-refractivity contribution in [2.45, 2.75) is 13.0 Å². The van der Waals surface area contributed by atoms with Crippen molar-refractivity contribution in [3.05, 3.63) is 88.2 Å². The van der Waals surface area contributed by atoms with Crippen molar-refractivity contribution in [2.75, 3.05) is 5.32 Å². The van der Waals surface area contributed by atoms with E-state index in [-0.39, 0.29) is 11.9 Å². The number of nitrogens with one attached hydrogen (secondary N) is 2. The molecule has 0 fully saturated rings. The largest absolute Gasteiger partial charge is 0.354 e. The van der Waals surface area contributed by atoms with Gasteiger partial charge in [0, 0.05) is 21.9 Å². The summed E-state index contributed by atoms with van der Waals surface area (Å²) in [5, 5.41) is 7.18. The van der Waals surface area contributed by atoms with Crippen molar-refractivity contribution in [2.24, 2.45) is 0 Å². The molecule has 1 aromatic heterocycles. The minimum atomic E-state index is -0.193. The number of carbonyl (C=O) groups excluding carboxylic acids is 1. The number of carbonyl (C=O) groups is 1. The van der Waals surface area contributed by atoms with E-state index in [0.29, 0.717) is 21.3 Å². The molecule has 1 atom stereocenters. The maximum Gasteiger partial charge on any atom is 0.253 e. The lowest BCUT2D eigenvalue weighted by atomic mass is 10.1. The van der Waals surface area contributed by atoms with E-state index in [1.54, 1.807) is 30.5 Å². The van der Waals surface area contributed by atoms with Crippen molar-refractivity contribution in [3.63, 3.8) is 0 Å². The number of benzene rings is 2. The Morgan fingerprint density at radius 2 is 1.65 bits per heavy atom. The highest BCUT2D eigenvalue weighted by molar-refractivity contribution is 6.35. The van der Waals surface area contributed by atoms with Gasteiger partial charge in [0.15, 0.2) is 0 Å². The first kappa shape index (κ1) is 18.2. The fraction of sp³-hybridized carbons (Fsp3) is 0.100. The molecule has 3 aromatic rings. The van der Waals surface area contributed by atoms with Gasteiger partial charge < -0.3 is 10.6 Å². The number of amides is 1. The minimum Gasteiger partial charge on any atom is -0.354 e. The SMILES string of the molecule is CC(NC(=O)c1cncc(Nc2cc(Cl)cc(Cl)c2)c1)c1ccccc1. The van der Waals surface area contributed by atoms with Gasteiger partial charge in [0.05, 0.1) is 23.5 Å². The van der Waals surface area contributed by atoms with E-state index in [9.17, 15) is 4.79 Å². The summed E-state index contributed by atoms with van der Waals surface area (Å²) in [6, 6.07) is 16.6. The summed E-state index contributed by atoms with van der Waals surface area (Å²) in [5.74, 6) is -0.193. The molecule has 0 radical (unpaired) electrons. The molecule has 1 amide bonds. The second kappa shape index (κ2) is 8.21. The third kappa shape index (κ3) is 4.75. The number of halogens is 2. The maximum absolute atomic E-state index is 12.5. The van der Waals surface area contributed by atoms with Gasteiger partial charge in [0.1, 0.15) is 0 Å². The number of hydrogen-bond donors (Lipinski definition) is 2. The second-order valence-electron chi connectivity index (χ2n) is 5.85. The first-order valence-corrected chi connectivity index (χ1v) is 8.81. The lowest BCUT2D eigenvalue weighted by Crippen LogP contribution is -2.26. The Morgan fingerprint density at radius 1 is 0.962 bits per heavy atom. The molecule has 0 saturated carbocycles. The minimum absolute atomic E-state index is 0.105. The molecule has 6 heteroatoms. The van der Waals surface area contributed by atoms with Gasteiger partial charge in [-0.1, -0.05) is 53.5 Å². The highest BCUT2D eigenvalue weighted by atomic mass is 35.5. The average Bonchev–Trinajstić information content (AvgIpc) is 2.61. The summed E-state index contributed by atoms with van der Waals surface area (Å²) in [4.78, 5) is 16.7. The second-order valence-corrected chi connectivity index (χ2v) is 6.72. The first-order valence-electron chi connectivity index (χ1n) is 8.05. The van der Waals surface area contributed by atoms with E-state index in [1.807, 2.05) is 37.3 Å². The standard InChI is InChI=1S/C20H17Cl2N3O/c1-13(14-5-3-2-4-6-14)24-20(26)15-7-19(12-23-11-15)25-18-9-16(21)8-17(22)10-18/h2-13,25H,1H3,(H,24,26). The predicted molar refractivity (Wildman–Crippen MR) is 106 cm³/mol. The Morgan fingerprint density at radius 3 is 2.35 bits per heavy atom. The maximum atomic E-state index is 12.5.